The van der Waals surface area contributed by atoms with Gasteiger partial charge in [-0.15, -0.1) is 0 Å². The van der Waals surface area contributed by atoms with Gasteiger partial charge in [-0.2, -0.15) is 0 Å². The Balaban J connectivity index is 3.41. The summed E-state index contributed by atoms with van der Waals surface area (Å²) in [5.74, 6) is 0. The van der Waals surface area contributed by atoms with E-state index in [1.54, 1.807) is 0 Å². The molecule has 0 aromatic carbocycles. The predicted octanol–water partition coefficient (Wildman–Crippen LogP) is 0.582. The molecule has 0 bridgehead atoms. The summed E-state index contributed by atoms with van der Waals surface area (Å²) in [6, 6.07) is 0. The van der Waals surface area contributed by atoms with Crippen LogP contribution in [-0.2, 0) is 9.47 Å². The molecular weight excluding hydrogens is 144 g/mol. The Bertz CT molecular complexity index is 92.4. The number of ether oxygens (including phenoxy) is 2. The van der Waals surface area contributed by atoms with Gasteiger partial charge in [0, 0.05) is 13.2 Å². The molecule has 0 aliphatic carbocycles. The Morgan fingerprint density at radius 2 is 1.91 bits per heavy atom. The average Bonchev–Trinajstić information content (AvgIpc) is 2.01. The van der Waals surface area contributed by atoms with Crippen LogP contribution in [0, 0.1) is 5.41 Å². The van der Waals surface area contributed by atoms with Crippen molar-refractivity contribution in [1.29, 1.82) is 5.41 Å². The van der Waals surface area contributed by atoms with Crippen LogP contribution < -0.4 is 5.32 Å². The van der Waals surface area contributed by atoms with Crippen molar-refractivity contribution < 1.29 is 9.47 Å². The fourth-order valence-electron chi connectivity index (χ4n) is 0.693. The highest BCUT2D eigenvalue weighted by molar-refractivity contribution is 5.49. The Labute approximate surface area is 67.4 Å². The Kier molecular flexibility index (Phi) is 7.08. The fourth-order valence-corrected chi connectivity index (χ4v) is 0.693. The topological polar surface area (TPSA) is 54.3 Å². The van der Waals surface area contributed by atoms with Crippen LogP contribution >= 0.6 is 0 Å². The average molecular weight is 160 g/mol. The summed E-state index contributed by atoms with van der Waals surface area (Å²) in [7, 11) is 0. The normalized spacial score (nSPS) is 10.1. The maximum absolute atomic E-state index is 6.71. The lowest BCUT2D eigenvalue weighted by atomic mass is 10.6. The lowest BCUT2D eigenvalue weighted by molar-refractivity contribution is -0.130. The van der Waals surface area contributed by atoms with Crippen LogP contribution in [0.2, 0.25) is 0 Å². The van der Waals surface area contributed by atoms with E-state index in [1.807, 2.05) is 13.8 Å². The molecule has 66 valence electrons. The first-order chi connectivity index (χ1) is 5.35. The molecule has 0 radical (unpaired) electrons. The molecule has 0 aliphatic heterocycles. The molecule has 0 unspecified atom stereocenters. The standard InChI is InChI=1S/C7H16N2O2/c1-3-10-7(11-4-2)5-9-6-8/h6-7H,3-5H2,1-2H3,(H2,8,9). The van der Waals surface area contributed by atoms with Gasteiger partial charge in [0.15, 0.2) is 6.29 Å². The molecule has 4 nitrogen and oxygen atoms in total. The van der Waals surface area contributed by atoms with E-state index < -0.39 is 0 Å². The van der Waals surface area contributed by atoms with Crippen molar-refractivity contribution >= 4 is 6.34 Å². The molecule has 0 heterocycles. The predicted molar refractivity (Wildman–Crippen MR) is 43.8 cm³/mol. The van der Waals surface area contributed by atoms with Gasteiger partial charge in [0.25, 0.3) is 0 Å². The highest BCUT2D eigenvalue weighted by Crippen LogP contribution is 1.91. The molecule has 0 saturated heterocycles. The Morgan fingerprint density at radius 3 is 2.27 bits per heavy atom. The van der Waals surface area contributed by atoms with Crippen LogP contribution in [0.25, 0.3) is 0 Å². The summed E-state index contributed by atoms with van der Waals surface area (Å²) in [5, 5.41) is 9.42. The monoisotopic (exact) mass is 160 g/mol. The maximum atomic E-state index is 6.71. The van der Waals surface area contributed by atoms with Gasteiger partial charge in [-0.05, 0) is 13.8 Å². The third-order valence-electron chi connectivity index (χ3n) is 1.09. The largest absolute Gasteiger partial charge is 0.372 e. The van der Waals surface area contributed by atoms with Gasteiger partial charge < -0.3 is 14.8 Å². The van der Waals surface area contributed by atoms with E-state index in [9.17, 15) is 0 Å². The van der Waals surface area contributed by atoms with E-state index in [-0.39, 0.29) is 6.29 Å². The third-order valence-corrected chi connectivity index (χ3v) is 1.09. The van der Waals surface area contributed by atoms with Gasteiger partial charge in [-0.25, -0.2) is 0 Å². The summed E-state index contributed by atoms with van der Waals surface area (Å²) in [6.45, 7) is 5.62. The number of rotatable bonds is 7. The maximum Gasteiger partial charge on any atom is 0.174 e. The second-order valence-electron chi connectivity index (χ2n) is 1.89. The van der Waals surface area contributed by atoms with Crippen LogP contribution in [0.1, 0.15) is 13.8 Å². The smallest absolute Gasteiger partial charge is 0.174 e. The van der Waals surface area contributed by atoms with Gasteiger partial charge in [0.1, 0.15) is 0 Å². The van der Waals surface area contributed by atoms with E-state index in [4.69, 9.17) is 14.9 Å². The van der Waals surface area contributed by atoms with Crippen molar-refractivity contribution in [2.24, 2.45) is 0 Å². The van der Waals surface area contributed by atoms with Crippen LogP contribution in [0.5, 0.6) is 0 Å². The SMILES string of the molecule is CCOC(CNC=N)OCC. The minimum atomic E-state index is -0.230. The number of nitrogens with one attached hydrogen (secondary N) is 2. The van der Waals surface area contributed by atoms with Crippen molar-refractivity contribution in [1.82, 2.24) is 5.32 Å². The molecular formula is C7H16N2O2. The fraction of sp³-hybridized carbons (Fsp3) is 0.857. The first kappa shape index (κ1) is 10.4. The summed E-state index contributed by atoms with van der Waals surface area (Å²) in [5.41, 5.74) is 0. The number of hydrogen-bond donors (Lipinski definition) is 2. The van der Waals surface area contributed by atoms with Crippen molar-refractivity contribution in [2.45, 2.75) is 20.1 Å². The Morgan fingerprint density at radius 1 is 1.36 bits per heavy atom. The van der Waals surface area contributed by atoms with Gasteiger partial charge in [0.05, 0.1) is 12.9 Å². The summed E-state index contributed by atoms with van der Waals surface area (Å²) in [6.07, 6.45) is 0.900. The van der Waals surface area contributed by atoms with Crippen LogP contribution in [0.4, 0.5) is 0 Å². The van der Waals surface area contributed by atoms with Crippen LogP contribution in [0.15, 0.2) is 0 Å². The highest BCUT2D eigenvalue weighted by Gasteiger charge is 2.04. The zero-order valence-electron chi connectivity index (χ0n) is 7.09. The van der Waals surface area contributed by atoms with Crippen molar-refractivity contribution in [2.75, 3.05) is 19.8 Å². The molecule has 0 aromatic rings. The molecule has 2 N–H and O–H groups in total. The van der Waals surface area contributed by atoms with E-state index in [1.165, 1.54) is 0 Å². The molecule has 0 atom stereocenters. The third kappa shape index (κ3) is 5.82. The zero-order valence-corrected chi connectivity index (χ0v) is 7.09. The van der Waals surface area contributed by atoms with E-state index in [0.29, 0.717) is 19.8 Å². The van der Waals surface area contributed by atoms with E-state index >= 15 is 0 Å². The minimum Gasteiger partial charge on any atom is -0.372 e. The highest BCUT2D eigenvalue weighted by atomic mass is 16.7. The van der Waals surface area contributed by atoms with Gasteiger partial charge in [-0.3, -0.25) is 5.41 Å². The summed E-state index contributed by atoms with van der Waals surface area (Å²) < 4.78 is 10.4. The summed E-state index contributed by atoms with van der Waals surface area (Å²) in [4.78, 5) is 0. The molecule has 4 heteroatoms. The number of hydrogen-bond acceptors (Lipinski definition) is 3. The molecule has 11 heavy (non-hydrogen) atoms. The second kappa shape index (κ2) is 7.50. The lowest BCUT2D eigenvalue weighted by Crippen LogP contribution is -2.30. The van der Waals surface area contributed by atoms with Crippen LogP contribution in [-0.4, -0.2) is 32.4 Å². The molecule has 0 fully saturated rings. The van der Waals surface area contributed by atoms with Crippen LogP contribution in [0.3, 0.4) is 0 Å². The van der Waals surface area contributed by atoms with Gasteiger partial charge in [0.2, 0.25) is 0 Å². The van der Waals surface area contributed by atoms with E-state index in [0.717, 1.165) is 6.34 Å². The zero-order chi connectivity index (χ0) is 8.53. The lowest BCUT2D eigenvalue weighted by Gasteiger charge is -2.15. The molecule has 0 spiro atoms. The minimum absolute atomic E-state index is 0.230. The van der Waals surface area contributed by atoms with Crippen molar-refractivity contribution in [3.8, 4) is 0 Å². The van der Waals surface area contributed by atoms with E-state index in [2.05, 4.69) is 5.32 Å². The second-order valence-corrected chi connectivity index (χ2v) is 1.89. The Hall–Kier alpha value is -0.610. The first-order valence-electron chi connectivity index (χ1n) is 3.80. The van der Waals surface area contributed by atoms with Crippen molar-refractivity contribution in [3.05, 3.63) is 0 Å². The summed E-state index contributed by atoms with van der Waals surface area (Å²) >= 11 is 0. The van der Waals surface area contributed by atoms with Gasteiger partial charge >= 0.3 is 0 Å². The molecule has 0 saturated carbocycles. The molecule has 0 aliphatic rings. The van der Waals surface area contributed by atoms with Gasteiger partial charge in [-0.1, -0.05) is 0 Å². The quantitative estimate of drug-likeness (QED) is 0.325. The molecule has 0 amide bonds. The van der Waals surface area contributed by atoms with Crippen molar-refractivity contribution in [3.63, 3.8) is 0 Å². The molecule has 0 aromatic heterocycles. The molecule has 0 rings (SSSR count). The first-order valence-corrected chi connectivity index (χ1v) is 3.80.